The van der Waals surface area contributed by atoms with Crippen molar-refractivity contribution in [3.63, 3.8) is 0 Å². The summed E-state index contributed by atoms with van der Waals surface area (Å²) in [5, 5.41) is 2.36. The van der Waals surface area contributed by atoms with E-state index in [2.05, 4.69) is 9.88 Å². The first-order valence-corrected chi connectivity index (χ1v) is 12.7. The average molecular weight is 511 g/mol. The van der Waals surface area contributed by atoms with Gasteiger partial charge in [-0.3, -0.25) is 14.1 Å². The molecule has 174 valence electrons. The predicted molar refractivity (Wildman–Crippen MR) is 136 cm³/mol. The summed E-state index contributed by atoms with van der Waals surface area (Å²) >= 11 is 9.89. The molecule has 0 spiro atoms. The summed E-state index contributed by atoms with van der Waals surface area (Å²) in [5.74, 6) is 0. The molecule has 1 aliphatic rings. The zero-order valence-electron chi connectivity index (χ0n) is 18.2. The molecule has 1 fully saturated rings. The normalized spacial score (nSPS) is 15.7. The van der Waals surface area contributed by atoms with Gasteiger partial charge in [-0.2, -0.15) is 0 Å². The second-order valence-corrected chi connectivity index (χ2v) is 10.2. The molecule has 1 saturated heterocycles. The SMILES string of the molecule is O=S([O-])N(Cc1ccc2ncccc2c1)C1CN(C(c2ccc(Cl)cc2)c2ccc(Cl)cc2)C1. The lowest BCUT2D eigenvalue weighted by atomic mass is 9.93. The molecule has 1 aromatic heterocycles. The van der Waals surface area contributed by atoms with Crippen LogP contribution in [0.1, 0.15) is 22.7 Å². The van der Waals surface area contributed by atoms with Crippen LogP contribution in [0.25, 0.3) is 10.9 Å². The fourth-order valence-electron chi connectivity index (χ4n) is 4.49. The Hall–Kier alpha value is -2.32. The first-order valence-electron chi connectivity index (χ1n) is 10.9. The first-order chi connectivity index (χ1) is 16.5. The summed E-state index contributed by atoms with van der Waals surface area (Å²) in [6, 6.07) is 25.2. The van der Waals surface area contributed by atoms with Gasteiger partial charge in [0.2, 0.25) is 0 Å². The average Bonchev–Trinajstić information content (AvgIpc) is 2.81. The van der Waals surface area contributed by atoms with Crippen LogP contribution >= 0.6 is 23.2 Å². The van der Waals surface area contributed by atoms with Crippen molar-refractivity contribution in [3.8, 4) is 0 Å². The van der Waals surface area contributed by atoms with Crippen LogP contribution in [0.4, 0.5) is 0 Å². The van der Waals surface area contributed by atoms with E-state index in [4.69, 9.17) is 23.2 Å². The van der Waals surface area contributed by atoms with Gasteiger partial charge in [0, 0.05) is 58.6 Å². The highest BCUT2D eigenvalue weighted by atomic mass is 35.5. The third-order valence-electron chi connectivity index (χ3n) is 6.23. The number of nitrogens with zero attached hydrogens (tertiary/aromatic N) is 3. The van der Waals surface area contributed by atoms with Crippen LogP contribution in [0.3, 0.4) is 0 Å². The summed E-state index contributed by atoms with van der Waals surface area (Å²) in [5.41, 5.74) is 4.03. The van der Waals surface area contributed by atoms with E-state index in [0.717, 1.165) is 27.6 Å². The van der Waals surface area contributed by atoms with Crippen molar-refractivity contribution < 1.29 is 8.76 Å². The lowest BCUT2D eigenvalue weighted by molar-refractivity contribution is 0.0494. The number of rotatable bonds is 7. The minimum Gasteiger partial charge on any atom is -0.760 e. The summed E-state index contributed by atoms with van der Waals surface area (Å²) in [6.07, 6.45) is 1.75. The molecule has 1 unspecified atom stereocenters. The van der Waals surface area contributed by atoms with Crippen molar-refractivity contribution in [2.24, 2.45) is 0 Å². The van der Waals surface area contributed by atoms with Gasteiger partial charge in [-0.05, 0) is 59.2 Å². The van der Waals surface area contributed by atoms with Gasteiger partial charge in [0.25, 0.3) is 0 Å². The van der Waals surface area contributed by atoms with Crippen molar-refractivity contribution in [3.05, 3.63) is 112 Å². The molecule has 1 atom stereocenters. The molecular weight excluding hydrogens is 489 g/mol. The van der Waals surface area contributed by atoms with E-state index in [0.29, 0.717) is 29.7 Å². The molecule has 4 aromatic rings. The molecule has 34 heavy (non-hydrogen) atoms. The standard InChI is InChI=1S/C26H23Cl2N3O2S/c27-22-8-4-19(5-9-22)26(20-6-10-23(28)11-7-20)30-16-24(17-30)31(34(32)33)15-18-3-12-25-21(14-18)2-1-13-29-25/h1-14,24,26H,15-17H2,(H,32,33)/p-1. The van der Waals surface area contributed by atoms with Crippen LogP contribution in [0, 0.1) is 0 Å². The number of hydrogen-bond acceptors (Lipinski definition) is 4. The molecule has 0 radical (unpaired) electrons. The maximum atomic E-state index is 12.2. The fraction of sp³-hybridized carbons (Fsp3) is 0.192. The fourth-order valence-corrected chi connectivity index (χ4v) is 5.38. The van der Waals surface area contributed by atoms with E-state index in [1.165, 1.54) is 4.31 Å². The van der Waals surface area contributed by atoms with E-state index in [1.54, 1.807) is 6.20 Å². The van der Waals surface area contributed by atoms with Gasteiger partial charge in [-0.15, -0.1) is 0 Å². The van der Waals surface area contributed by atoms with Gasteiger partial charge in [0.15, 0.2) is 0 Å². The molecule has 0 amide bonds. The van der Waals surface area contributed by atoms with Gasteiger partial charge in [0.05, 0.1) is 11.6 Å². The third-order valence-corrected chi connectivity index (χ3v) is 7.55. The Bertz CT molecular complexity index is 1270. The minimum absolute atomic E-state index is 0.0144. The predicted octanol–water partition coefficient (Wildman–Crippen LogP) is 5.61. The highest BCUT2D eigenvalue weighted by molar-refractivity contribution is 7.76. The van der Waals surface area contributed by atoms with E-state index in [1.807, 2.05) is 78.9 Å². The third kappa shape index (κ3) is 5.03. The van der Waals surface area contributed by atoms with Crippen molar-refractivity contribution in [2.75, 3.05) is 13.1 Å². The van der Waals surface area contributed by atoms with Crippen LogP contribution in [0.2, 0.25) is 10.0 Å². The number of halogens is 2. The molecule has 1 aliphatic heterocycles. The molecule has 8 heteroatoms. The monoisotopic (exact) mass is 510 g/mol. The second-order valence-electron chi connectivity index (χ2n) is 8.44. The molecule has 0 aliphatic carbocycles. The second kappa shape index (κ2) is 10.1. The van der Waals surface area contributed by atoms with Gasteiger partial charge < -0.3 is 4.55 Å². The smallest absolute Gasteiger partial charge is 0.0702 e. The van der Waals surface area contributed by atoms with Gasteiger partial charge in [-0.1, -0.05) is 59.6 Å². The topological polar surface area (TPSA) is 59.5 Å². The van der Waals surface area contributed by atoms with E-state index in [9.17, 15) is 8.76 Å². The van der Waals surface area contributed by atoms with Crippen LogP contribution in [0.5, 0.6) is 0 Å². The Morgan fingerprint density at radius 2 is 1.59 bits per heavy atom. The van der Waals surface area contributed by atoms with Crippen LogP contribution in [0.15, 0.2) is 85.1 Å². The van der Waals surface area contributed by atoms with E-state index < -0.39 is 11.3 Å². The highest BCUT2D eigenvalue weighted by Gasteiger charge is 2.37. The number of benzene rings is 3. The van der Waals surface area contributed by atoms with E-state index >= 15 is 0 Å². The molecule has 3 aromatic carbocycles. The largest absolute Gasteiger partial charge is 0.760 e. The van der Waals surface area contributed by atoms with Crippen LogP contribution < -0.4 is 0 Å². The Balaban J connectivity index is 1.35. The molecule has 0 bridgehead atoms. The van der Waals surface area contributed by atoms with Crippen molar-refractivity contribution in [2.45, 2.75) is 18.6 Å². The minimum atomic E-state index is -2.33. The summed E-state index contributed by atoms with van der Waals surface area (Å²) in [6.45, 7) is 1.57. The number of pyridine rings is 1. The van der Waals surface area contributed by atoms with Gasteiger partial charge in [-0.25, -0.2) is 4.31 Å². The highest BCUT2D eigenvalue weighted by Crippen LogP contribution is 2.35. The summed E-state index contributed by atoms with van der Waals surface area (Å²) in [7, 11) is 0. The molecule has 0 saturated carbocycles. The van der Waals surface area contributed by atoms with Gasteiger partial charge in [0.1, 0.15) is 0 Å². The Morgan fingerprint density at radius 3 is 2.18 bits per heavy atom. The lowest BCUT2D eigenvalue weighted by Crippen LogP contribution is -2.60. The number of likely N-dealkylation sites (tertiary alicyclic amines) is 1. The van der Waals surface area contributed by atoms with Crippen molar-refractivity contribution in [1.82, 2.24) is 14.2 Å². The summed E-state index contributed by atoms with van der Waals surface area (Å²) < 4.78 is 25.9. The van der Waals surface area contributed by atoms with Crippen LogP contribution in [-0.2, 0) is 17.8 Å². The number of hydrogen-bond donors (Lipinski definition) is 0. The Morgan fingerprint density at radius 1 is 0.971 bits per heavy atom. The molecular formula is C26H22Cl2N3O2S-. The maximum absolute atomic E-state index is 12.2. The molecule has 5 rings (SSSR count). The van der Waals surface area contributed by atoms with Gasteiger partial charge >= 0.3 is 0 Å². The lowest BCUT2D eigenvalue weighted by Gasteiger charge is -2.49. The first kappa shape index (κ1) is 23.4. The Kier molecular flexibility index (Phi) is 6.97. The van der Waals surface area contributed by atoms with Crippen LogP contribution in [-0.4, -0.2) is 42.1 Å². The molecule has 5 nitrogen and oxygen atoms in total. The quantitative estimate of drug-likeness (QED) is 0.303. The zero-order valence-corrected chi connectivity index (χ0v) is 20.5. The molecule has 0 N–H and O–H groups in total. The Labute approximate surface area is 211 Å². The number of aromatic nitrogens is 1. The molecule has 2 heterocycles. The summed E-state index contributed by atoms with van der Waals surface area (Å²) in [4.78, 5) is 6.62. The van der Waals surface area contributed by atoms with E-state index in [-0.39, 0.29) is 12.1 Å². The zero-order chi connectivity index (χ0) is 23.7. The van der Waals surface area contributed by atoms with Crippen molar-refractivity contribution in [1.29, 1.82) is 0 Å². The number of fused-ring (bicyclic) bond motifs is 1. The maximum Gasteiger partial charge on any atom is 0.0702 e. The van der Waals surface area contributed by atoms with Crippen molar-refractivity contribution >= 4 is 45.4 Å².